The largest absolute Gasteiger partial charge is 0.311 e. The predicted molar refractivity (Wildman–Crippen MR) is 111 cm³/mol. The van der Waals surface area contributed by atoms with Crippen LogP contribution < -0.4 is 10.4 Å². The van der Waals surface area contributed by atoms with E-state index < -0.39 is 7.52 Å². The molecule has 1 aromatic carbocycles. The van der Waals surface area contributed by atoms with Gasteiger partial charge in [-0.2, -0.15) is 0 Å². The lowest BCUT2D eigenvalue weighted by molar-refractivity contribution is 0.0483. The average Bonchev–Trinajstić information content (AvgIpc) is 2.68. The fourth-order valence-corrected chi connectivity index (χ4v) is 5.90. The zero-order valence-corrected chi connectivity index (χ0v) is 17.4. The number of rotatable bonds is 7. The lowest BCUT2D eigenvalue weighted by Gasteiger charge is -2.39. The van der Waals surface area contributed by atoms with Gasteiger partial charge in [-0.3, -0.25) is 9.55 Å². The highest BCUT2D eigenvalue weighted by atomic mass is 31.2. The molecule has 0 spiro atoms. The van der Waals surface area contributed by atoms with Crippen LogP contribution in [0.2, 0.25) is 0 Å². The molecular formula is C22H31N2O2P. The number of pyridine rings is 1. The van der Waals surface area contributed by atoms with Gasteiger partial charge >= 0.3 is 0 Å². The van der Waals surface area contributed by atoms with Crippen LogP contribution in [-0.2, 0) is 15.6 Å². The molecule has 1 saturated carbocycles. The van der Waals surface area contributed by atoms with Crippen molar-refractivity contribution in [2.45, 2.75) is 52.7 Å². The highest BCUT2D eigenvalue weighted by molar-refractivity contribution is 7.65. The number of hydrogen-bond donors (Lipinski definition) is 1. The molecule has 4 atom stereocenters. The summed E-state index contributed by atoms with van der Waals surface area (Å²) >= 11 is 0. The number of nitrogens with one attached hydrogen (secondary N) is 1. The maximum atomic E-state index is 14.0. The summed E-state index contributed by atoms with van der Waals surface area (Å²) in [6, 6.07) is 13.4. The summed E-state index contributed by atoms with van der Waals surface area (Å²) in [7, 11) is -3.19. The maximum absolute atomic E-state index is 14.0. The average molecular weight is 386 g/mol. The second-order valence-corrected chi connectivity index (χ2v) is 10.2. The van der Waals surface area contributed by atoms with Crippen LogP contribution in [0.15, 0.2) is 54.9 Å². The second kappa shape index (κ2) is 9.14. The maximum Gasteiger partial charge on any atom is 0.300 e. The van der Waals surface area contributed by atoms with Gasteiger partial charge in [-0.15, -0.1) is 0 Å². The van der Waals surface area contributed by atoms with Gasteiger partial charge in [0.25, 0.3) is 7.52 Å². The third kappa shape index (κ3) is 5.28. The highest BCUT2D eigenvalue weighted by Crippen LogP contribution is 2.48. The molecule has 1 N–H and O–H groups in total. The summed E-state index contributed by atoms with van der Waals surface area (Å²) in [4.78, 5) is 4.15. The topological polar surface area (TPSA) is 51.2 Å². The van der Waals surface area contributed by atoms with Crippen molar-refractivity contribution in [1.82, 2.24) is 10.1 Å². The van der Waals surface area contributed by atoms with Crippen LogP contribution in [0, 0.1) is 17.8 Å². The molecule has 0 radical (unpaired) electrons. The van der Waals surface area contributed by atoms with Gasteiger partial charge < -0.3 is 4.52 Å². The lowest BCUT2D eigenvalue weighted by atomic mass is 9.75. The van der Waals surface area contributed by atoms with E-state index in [1.807, 2.05) is 42.5 Å². The van der Waals surface area contributed by atoms with E-state index in [-0.39, 0.29) is 6.10 Å². The highest BCUT2D eigenvalue weighted by Gasteiger charge is 2.37. The molecule has 1 aromatic heterocycles. The molecule has 0 aliphatic heterocycles. The van der Waals surface area contributed by atoms with Crippen molar-refractivity contribution in [2.75, 3.05) is 0 Å². The van der Waals surface area contributed by atoms with Gasteiger partial charge in [-0.25, -0.2) is 5.09 Å². The summed E-state index contributed by atoms with van der Waals surface area (Å²) < 4.78 is 20.4. The van der Waals surface area contributed by atoms with Crippen molar-refractivity contribution in [3.63, 3.8) is 0 Å². The van der Waals surface area contributed by atoms with Crippen LogP contribution in [0.25, 0.3) is 0 Å². The Bertz CT molecular complexity index is 751. The first-order valence-electron chi connectivity index (χ1n) is 9.96. The smallest absolute Gasteiger partial charge is 0.300 e. The summed E-state index contributed by atoms with van der Waals surface area (Å²) in [5.74, 6) is 1.57. The fourth-order valence-electron chi connectivity index (χ4n) is 3.94. The summed E-state index contributed by atoms with van der Waals surface area (Å²) in [5, 5.41) is 3.97. The fraction of sp³-hybridized carbons (Fsp3) is 0.500. The molecule has 1 heterocycles. The molecule has 1 aliphatic rings. The molecular weight excluding hydrogens is 355 g/mol. The number of hydrogen-bond acceptors (Lipinski definition) is 3. The van der Waals surface area contributed by atoms with E-state index in [1.54, 1.807) is 12.4 Å². The summed E-state index contributed by atoms with van der Waals surface area (Å²) in [5.41, 5.74) is 0.995. The van der Waals surface area contributed by atoms with Crippen molar-refractivity contribution < 1.29 is 9.09 Å². The Morgan fingerprint density at radius 3 is 2.63 bits per heavy atom. The normalized spacial score (nSPS) is 25.3. The van der Waals surface area contributed by atoms with E-state index in [4.69, 9.17) is 4.52 Å². The molecule has 2 aromatic rings. The Labute approximate surface area is 163 Å². The van der Waals surface area contributed by atoms with E-state index in [9.17, 15) is 4.57 Å². The minimum absolute atomic E-state index is 0.0150. The minimum Gasteiger partial charge on any atom is -0.311 e. The SMILES string of the molecule is CC(C)[C@H]1CC[C@@H](C)C[C@H]1O[P@](=O)(NCc1cccnc1)c1ccccc1. The van der Waals surface area contributed by atoms with Crippen LogP contribution in [0.1, 0.15) is 45.6 Å². The number of aromatic nitrogens is 1. The van der Waals surface area contributed by atoms with E-state index in [0.717, 1.165) is 23.7 Å². The predicted octanol–water partition coefficient (Wildman–Crippen LogP) is 5.17. The molecule has 4 nitrogen and oxygen atoms in total. The van der Waals surface area contributed by atoms with Crippen molar-refractivity contribution in [1.29, 1.82) is 0 Å². The van der Waals surface area contributed by atoms with Gasteiger partial charge in [0.05, 0.1) is 11.4 Å². The Morgan fingerprint density at radius 2 is 1.96 bits per heavy atom. The first-order valence-corrected chi connectivity index (χ1v) is 11.6. The molecule has 0 amide bonds. The zero-order chi connectivity index (χ0) is 19.3. The minimum atomic E-state index is -3.19. The lowest BCUT2D eigenvalue weighted by Crippen LogP contribution is -2.36. The van der Waals surface area contributed by atoms with Crippen LogP contribution >= 0.6 is 7.52 Å². The third-order valence-electron chi connectivity index (χ3n) is 5.56. The van der Waals surface area contributed by atoms with Crippen LogP contribution in [-0.4, -0.2) is 11.1 Å². The Kier molecular flexibility index (Phi) is 6.86. The van der Waals surface area contributed by atoms with Crippen LogP contribution in [0.4, 0.5) is 0 Å². The molecule has 146 valence electrons. The van der Waals surface area contributed by atoms with E-state index >= 15 is 0 Å². The molecule has 1 aliphatic carbocycles. The molecule has 0 bridgehead atoms. The molecule has 0 unspecified atom stereocenters. The monoisotopic (exact) mass is 386 g/mol. The Morgan fingerprint density at radius 1 is 1.19 bits per heavy atom. The van der Waals surface area contributed by atoms with E-state index in [1.165, 1.54) is 6.42 Å². The van der Waals surface area contributed by atoms with E-state index in [0.29, 0.717) is 24.3 Å². The second-order valence-electron chi connectivity index (χ2n) is 8.05. The molecule has 1 fully saturated rings. The van der Waals surface area contributed by atoms with Crippen LogP contribution in [0.5, 0.6) is 0 Å². The number of nitrogens with zero attached hydrogens (tertiary/aromatic N) is 1. The first-order chi connectivity index (χ1) is 13.0. The number of benzene rings is 1. The molecule has 0 saturated heterocycles. The van der Waals surface area contributed by atoms with Crippen LogP contribution in [0.3, 0.4) is 0 Å². The quantitative estimate of drug-likeness (QED) is 0.667. The molecule has 27 heavy (non-hydrogen) atoms. The van der Waals surface area contributed by atoms with Crippen molar-refractivity contribution in [3.8, 4) is 0 Å². The van der Waals surface area contributed by atoms with Crippen molar-refractivity contribution in [3.05, 3.63) is 60.4 Å². The van der Waals surface area contributed by atoms with Gasteiger partial charge in [-0.05, 0) is 54.4 Å². The van der Waals surface area contributed by atoms with Gasteiger partial charge in [0.15, 0.2) is 0 Å². The van der Waals surface area contributed by atoms with Gasteiger partial charge in [0.2, 0.25) is 0 Å². The van der Waals surface area contributed by atoms with Crippen molar-refractivity contribution in [2.24, 2.45) is 17.8 Å². The standard InChI is InChI=1S/C22H31N2O2P/c1-17(2)21-12-11-18(3)14-22(21)26-27(25,20-9-5-4-6-10-20)24-16-19-8-7-13-23-15-19/h4-10,13,15,17-18,21-22H,11-12,14,16H2,1-3H3,(H,24,25)/t18-,21-,22-,27+/m1/s1. The first kappa shape index (κ1) is 20.3. The van der Waals surface area contributed by atoms with E-state index in [2.05, 4.69) is 30.8 Å². The van der Waals surface area contributed by atoms with Crippen molar-refractivity contribution >= 4 is 12.8 Å². The summed E-state index contributed by atoms with van der Waals surface area (Å²) in [6.45, 7) is 7.22. The van der Waals surface area contributed by atoms with Gasteiger partial charge in [0.1, 0.15) is 0 Å². The zero-order valence-electron chi connectivity index (χ0n) is 16.5. The molecule has 3 rings (SSSR count). The Balaban J connectivity index is 1.84. The summed E-state index contributed by atoms with van der Waals surface area (Å²) in [6.07, 6.45) is 6.88. The Hall–Kier alpha value is -1.48. The van der Waals surface area contributed by atoms with Gasteiger partial charge in [-0.1, -0.05) is 51.5 Å². The molecule has 5 heteroatoms. The third-order valence-corrected chi connectivity index (χ3v) is 7.68. The van der Waals surface area contributed by atoms with Gasteiger partial charge in [0, 0.05) is 18.9 Å².